The summed E-state index contributed by atoms with van der Waals surface area (Å²) >= 11 is 0. The molecule has 0 aromatic heterocycles. The molecule has 0 saturated heterocycles. The summed E-state index contributed by atoms with van der Waals surface area (Å²) in [5.74, 6) is 0.0185. The summed E-state index contributed by atoms with van der Waals surface area (Å²) in [7, 11) is 0. The van der Waals surface area contributed by atoms with Gasteiger partial charge in [-0.15, -0.1) is 0 Å². The fourth-order valence-electron chi connectivity index (χ4n) is 3.31. The lowest BCUT2D eigenvalue weighted by molar-refractivity contribution is -0.124. The van der Waals surface area contributed by atoms with Crippen LogP contribution in [-0.4, -0.2) is 17.6 Å². The zero-order valence-corrected chi connectivity index (χ0v) is 13.6. The summed E-state index contributed by atoms with van der Waals surface area (Å²) < 4.78 is 0. The van der Waals surface area contributed by atoms with Gasteiger partial charge in [0.25, 0.3) is 0 Å². The van der Waals surface area contributed by atoms with Crippen molar-refractivity contribution in [3.63, 3.8) is 0 Å². The fraction of sp³-hybridized carbons (Fsp3) is 0.350. The van der Waals surface area contributed by atoms with Crippen molar-refractivity contribution in [3.05, 3.63) is 71.3 Å². The van der Waals surface area contributed by atoms with Gasteiger partial charge in [-0.05, 0) is 31.4 Å². The zero-order chi connectivity index (χ0) is 16.4. The summed E-state index contributed by atoms with van der Waals surface area (Å²) in [4.78, 5) is 12.9. The molecule has 1 saturated carbocycles. The highest BCUT2D eigenvalue weighted by Gasteiger charge is 2.60. The Kier molecular flexibility index (Phi) is 4.22. The normalized spacial score (nSPS) is 24.0. The Labute approximate surface area is 137 Å². The lowest BCUT2D eigenvalue weighted by Crippen LogP contribution is -2.38. The molecule has 3 nitrogen and oxygen atoms in total. The van der Waals surface area contributed by atoms with E-state index >= 15 is 0 Å². The predicted octanol–water partition coefficient (Wildman–Crippen LogP) is 3.12. The maximum absolute atomic E-state index is 12.9. The van der Waals surface area contributed by atoms with Crippen molar-refractivity contribution in [3.8, 4) is 0 Å². The molecular formula is C20H23NO2. The number of aliphatic hydroxyl groups is 1. The van der Waals surface area contributed by atoms with Gasteiger partial charge in [0.05, 0.1) is 11.5 Å². The summed E-state index contributed by atoms with van der Waals surface area (Å²) in [6, 6.07) is 18.0. The van der Waals surface area contributed by atoms with Gasteiger partial charge in [0.2, 0.25) is 5.91 Å². The van der Waals surface area contributed by atoms with Crippen molar-refractivity contribution in [1.29, 1.82) is 0 Å². The van der Waals surface area contributed by atoms with Gasteiger partial charge >= 0.3 is 0 Å². The summed E-state index contributed by atoms with van der Waals surface area (Å²) in [6.07, 6.45) is 0.708. The average molecular weight is 309 g/mol. The molecule has 3 rings (SSSR count). The Bertz CT molecular complexity index is 681. The molecule has 0 spiro atoms. The first-order chi connectivity index (χ1) is 11.1. The van der Waals surface area contributed by atoms with Crippen LogP contribution in [0, 0.1) is 12.8 Å². The molecule has 0 bridgehead atoms. The molecule has 0 radical (unpaired) electrons. The lowest BCUT2D eigenvalue weighted by Gasteiger charge is -2.22. The minimum Gasteiger partial charge on any atom is -0.396 e. The Morgan fingerprint density at radius 1 is 1.22 bits per heavy atom. The quantitative estimate of drug-likeness (QED) is 0.891. The van der Waals surface area contributed by atoms with Crippen molar-refractivity contribution in [2.75, 3.05) is 6.61 Å². The molecule has 3 heteroatoms. The third-order valence-corrected chi connectivity index (χ3v) is 4.94. The molecule has 120 valence electrons. The molecule has 3 atom stereocenters. The number of benzene rings is 2. The summed E-state index contributed by atoms with van der Waals surface area (Å²) in [5, 5.41) is 12.7. The van der Waals surface area contributed by atoms with Gasteiger partial charge in [-0.2, -0.15) is 0 Å². The third kappa shape index (κ3) is 2.89. The highest BCUT2D eigenvalue weighted by Crippen LogP contribution is 2.54. The number of hydrogen-bond donors (Lipinski definition) is 2. The van der Waals surface area contributed by atoms with Crippen LogP contribution in [0.3, 0.4) is 0 Å². The van der Waals surface area contributed by atoms with E-state index in [0.29, 0.717) is 6.42 Å². The van der Waals surface area contributed by atoms with Gasteiger partial charge in [-0.25, -0.2) is 0 Å². The van der Waals surface area contributed by atoms with E-state index in [2.05, 4.69) is 5.32 Å². The molecule has 0 aliphatic heterocycles. The second-order valence-electron chi connectivity index (χ2n) is 6.53. The average Bonchev–Trinajstić information content (AvgIpc) is 3.32. The molecular weight excluding hydrogens is 286 g/mol. The van der Waals surface area contributed by atoms with Crippen LogP contribution in [0.2, 0.25) is 0 Å². The number of aliphatic hydroxyl groups excluding tert-OH is 1. The van der Waals surface area contributed by atoms with Crippen molar-refractivity contribution in [2.24, 2.45) is 5.92 Å². The van der Waals surface area contributed by atoms with Crippen molar-refractivity contribution >= 4 is 5.91 Å². The minimum atomic E-state index is -0.578. The summed E-state index contributed by atoms with van der Waals surface area (Å²) in [5.41, 5.74) is 2.68. The van der Waals surface area contributed by atoms with E-state index in [1.54, 1.807) is 0 Å². The van der Waals surface area contributed by atoms with Crippen LogP contribution < -0.4 is 5.32 Å². The fourth-order valence-corrected chi connectivity index (χ4v) is 3.31. The minimum absolute atomic E-state index is 0.00757. The smallest absolute Gasteiger partial charge is 0.231 e. The van der Waals surface area contributed by atoms with E-state index in [1.807, 2.05) is 68.4 Å². The first-order valence-corrected chi connectivity index (χ1v) is 8.12. The Morgan fingerprint density at radius 3 is 2.43 bits per heavy atom. The number of aryl methyl sites for hydroxylation is 1. The van der Waals surface area contributed by atoms with E-state index in [0.717, 1.165) is 11.1 Å². The van der Waals surface area contributed by atoms with E-state index in [4.69, 9.17) is 0 Å². The molecule has 23 heavy (non-hydrogen) atoms. The van der Waals surface area contributed by atoms with Gasteiger partial charge in [-0.1, -0.05) is 60.2 Å². The standard InChI is InChI=1S/C20H23NO2/c1-14-8-10-17(11-9-14)20(12-18(20)13-22)19(23)21-15(2)16-6-4-3-5-7-16/h3-11,15,18,22H,12-13H2,1-2H3,(H,21,23)/t15-,18-,20+/m1/s1. The molecule has 1 amide bonds. The van der Waals surface area contributed by atoms with Gasteiger partial charge < -0.3 is 10.4 Å². The number of nitrogens with one attached hydrogen (secondary N) is 1. The summed E-state index contributed by atoms with van der Waals surface area (Å²) in [6.45, 7) is 4.07. The molecule has 0 unspecified atom stereocenters. The molecule has 1 aliphatic carbocycles. The molecule has 2 aromatic carbocycles. The van der Waals surface area contributed by atoms with E-state index < -0.39 is 5.41 Å². The van der Waals surface area contributed by atoms with Crippen LogP contribution in [0.25, 0.3) is 0 Å². The first kappa shape index (κ1) is 15.8. The second kappa shape index (κ2) is 6.17. The third-order valence-electron chi connectivity index (χ3n) is 4.94. The van der Waals surface area contributed by atoms with Crippen LogP contribution in [0.15, 0.2) is 54.6 Å². The number of carbonyl (C=O) groups is 1. The van der Waals surface area contributed by atoms with Crippen molar-refractivity contribution in [2.45, 2.75) is 31.7 Å². The highest BCUT2D eigenvalue weighted by molar-refractivity contribution is 5.92. The van der Waals surface area contributed by atoms with Crippen LogP contribution in [0.1, 0.15) is 36.1 Å². The van der Waals surface area contributed by atoms with Crippen LogP contribution in [0.5, 0.6) is 0 Å². The van der Waals surface area contributed by atoms with Crippen molar-refractivity contribution in [1.82, 2.24) is 5.32 Å². The van der Waals surface area contributed by atoms with Gasteiger partial charge in [0, 0.05) is 12.5 Å². The monoisotopic (exact) mass is 309 g/mol. The van der Waals surface area contributed by atoms with Crippen LogP contribution in [-0.2, 0) is 10.2 Å². The molecule has 0 heterocycles. The largest absolute Gasteiger partial charge is 0.396 e. The van der Waals surface area contributed by atoms with Gasteiger partial charge in [0.1, 0.15) is 0 Å². The Hall–Kier alpha value is -2.13. The van der Waals surface area contributed by atoms with E-state index in [1.165, 1.54) is 5.56 Å². The molecule has 1 aliphatic rings. The first-order valence-electron chi connectivity index (χ1n) is 8.12. The molecule has 1 fully saturated rings. The predicted molar refractivity (Wildman–Crippen MR) is 91.0 cm³/mol. The molecule has 2 aromatic rings. The van der Waals surface area contributed by atoms with Gasteiger partial charge in [-0.3, -0.25) is 4.79 Å². The van der Waals surface area contributed by atoms with Crippen LogP contribution in [0.4, 0.5) is 0 Å². The topological polar surface area (TPSA) is 49.3 Å². The SMILES string of the molecule is Cc1ccc([C@@]2(C(=O)N[C@H](C)c3ccccc3)C[C@@H]2CO)cc1. The number of carbonyl (C=O) groups excluding carboxylic acids is 1. The molecule has 2 N–H and O–H groups in total. The zero-order valence-electron chi connectivity index (χ0n) is 13.6. The number of rotatable bonds is 5. The lowest BCUT2D eigenvalue weighted by atomic mass is 9.91. The highest BCUT2D eigenvalue weighted by atomic mass is 16.3. The van der Waals surface area contributed by atoms with E-state index in [9.17, 15) is 9.90 Å². The maximum Gasteiger partial charge on any atom is 0.231 e. The second-order valence-corrected chi connectivity index (χ2v) is 6.53. The Balaban J connectivity index is 1.82. The van der Waals surface area contributed by atoms with Gasteiger partial charge in [0.15, 0.2) is 0 Å². The van der Waals surface area contributed by atoms with Crippen molar-refractivity contribution < 1.29 is 9.90 Å². The van der Waals surface area contributed by atoms with Crippen LogP contribution >= 0.6 is 0 Å². The number of amides is 1. The maximum atomic E-state index is 12.9. The number of hydrogen-bond acceptors (Lipinski definition) is 2. The Morgan fingerprint density at radius 2 is 1.87 bits per heavy atom. The van der Waals surface area contributed by atoms with E-state index in [-0.39, 0.29) is 24.5 Å².